The minimum Gasteiger partial charge on any atom is -0.350 e. The molecule has 0 aliphatic carbocycles. The van der Waals surface area contributed by atoms with Crippen LogP contribution in [-0.4, -0.2) is 39.2 Å². The molecule has 8 heteroatoms. The highest BCUT2D eigenvalue weighted by molar-refractivity contribution is 5.85. The second kappa shape index (κ2) is 6.06. The monoisotopic (exact) mass is 297 g/mol. The lowest BCUT2D eigenvalue weighted by Gasteiger charge is -2.10. The molecule has 2 aromatic heterocycles. The van der Waals surface area contributed by atoms with E-state index in [4.69, 9.17) is 0 Å². The number of carbonyl (C=O) groups excluding carboxylic acids is 1. The van der Waals surface area contributed by atoms with Crippen LogP contribution in [0.4, 0.5) is 0 Å². The van der Waals surface area contributed by atoms with Crippen molar-refractivity contribution >= 4 is 24.0 Å². The molecule has 1 aliphatic heterocycles. The first-order chi connectivity index (χ1) is 9.24. The molecule has 2 N–H and O–H groups in total. The van der Waals surface area contributed by atoms with Crippen molar-refractivity contribution in [2.45, 2.75) is 19.0 Å². The van der Waals surface area contributed by atoms with Crippen LogP contribution in [-0.2, 0) is 11.3 Å². The fourth-order valence-corrected chi connectivity index (χ4v) is 2.26. The lowest BCUT2D eigenvalue weighted by Crippen LogP contribution is -2.40. The summed E-state index contributed by atoms with van der Waals surface area (Å²) in [7, 11) is 0. The molecule has 1 amide bonds. The number of nitrogens with zero attached hydrogens (tertiary/aromatic N) is 3. The first-order valence-electron chi connectivity index (χ1n) is 6.28. The molecular formula is C12H16ClN5O2. The Labute approximate surface area is 121 Å². The Morgan fingerprint density at radius 3 is 3.05 bits per heavy atom. The van der Waals surface area contributed by atoms with Gasteiger partial charge >= 0.3 is 5.69 Å². The number of nitrogens with one attached hydrogen (secondary N) is 2. The molecule has 3 heterocycles. The highest BCUT2D eigenvalue weighted by Gasteiger charge is 2.17. The first kappa shape index (κ1) is 14.5. The van der Waals surface area contributed by atoms with Gasteiger partial charge in [0.05, 0.1) is 0 Å². The van der Waals surface area contributed by atoms with E-state index < -0.39 is 0 Å². The van der Waals surface area contributed by atoms with Crippen LogP contribution in [0.5, 0.6) is 0 Å². The lowest BCUT2D eigenvalue weighted by molar-refractivity contribution is -0.122. The van der Waals surface area contributed by atoms with Crippen molar-refractivity contribution in [3.8, 4) is 0 Å². The van der Waals surface area contributed by atoms with Crippen LogP contribution in [0.25, 0.3) is 5.65 Å². The maximum atomic E-state index is 12.0. The molecular weight excluding hydrogens is 282 g/mol. The summed E-state index contributed by atoms with van der Waals surface area (Å²) in [4.78, 5) is 23.8. The molecule has 7 nitrogen and oxygen atoms in total. The van der Waals surface area contributed by atoms with Crippen molar-refractivity contribution in [1.82, 2.24) is 24.8 Å². The number of hydrogen-bond donors (Lipinski definition) is 2. The van der Waals surface area contributed by atoms with Gasteiger partial charge in [-0.15, -0.1) is 17.5 Å². The van der Waals surface area contributed by atoms with Gasteiger partial charge in [0, 0.05) is 18.8 Å². The van der Waals surface area contributed by atoms with Crippen LogP contribution in [0.3, 0.4) is 0 Å². The van der Waals surface area contributed by atoms with E-state index in [1.165, 1.54) is 9.08 Å². The van der Waals surface area contributed by atoms with E-state index in [0.29, 0.717) is 5.65 Å². The summed E-state index contributed by atoms with van der Waals surface area (Å²) in [6.45, 7) is 1.65. The van der Waals surface area contributed by atoms with Gasteiger partial charge < -0.3 is 10.6 Å². The Kier molecular flexibility index (Phi) is 4.41. The van der Waals surface area contributed by atoms with Crippen LogP contribution >= 0.6 is 12.4 Å². The molecule has 108 valence electrons. The van der Waals surface area contributed by atoms with Crippen molar-refractivity contribution in [1.29, 1.82) is 0 Å². The lowest BCUT2D eigenvalue weighted by atomic mass is 10.2. The van der Waals surface area contributed by atoms with Gasteiger partial charge in [0.1, 0.15) is 6.54 Å². The summed E-state index contributed by atoms with van der Waals surface area (Å²) in [6.07, 6.45) is 2.56. The molecule has 3 rings (SSSR count). The zero-order valence-corrected chi connectivity index (χ0v) is 11.6. The maximum absolute atomic E-state index is 12.0. The summed E-state index contributed by atoms with van der Waals surface area (Å²) < 4.78 is 2.61. The van der Waals surface area contributed by atoms with E-state index in [1.54, 1.807) is 24.4 Å². The second-order valence-electron chi connectivity index (χ2n) is 4.63. The molecule has 0 saturated carbocycles. The number of pyridine rings is 1. The number of aromatic nitrogens is 3. The smallest absolute Gasteiger partial charge is 0.350 e. The minimum absolute atomic E-state index is 0. The fourth-order valence-electron chi connectivity index (χ4n) is 2.26. The molecule has 1 fully saturated rings. The summed E-state index contributed by atoms with van der Waals surface area (Å²) in [5.74, 6) is -0.181. The Balaban J connectivity index is 0.00000147. The van der Waals surface area contributed by atoms with E-state index in [2.05, 4.69) is 15.7 Å². The average molecular weight is 298 g/mol. The van der Waals surface area contributed by atoms with Crippen molar-refractivity contribution in [3.05, 3.63) is 34.9 Å². The predicted octanol–water partition coefficient (Wildman–Crippen LogP) is -0.604. The van der Waals surface area contributed by atoms with E-state index in [1.807, 2.05) is 0 Å². The number of rotatable bonds is 3. The Morgan fingerprint density at radius 2 is 2.35 bits per heavy atom. The molecule has 0 spiro atoms. The Bertz CT molecular complexity index is 659. The number of amides is 1. The van der Waals surface area contributed by atoms with Crippen LogP contribution in [0.2, 0.25) is 0 Å². The second-order valence-corrected chi connectivity index (χ2v) is 4.63. The molecule has 20 heavy (non-hydrogen) atoms. The summed E-state index contributed by atoms with van der Waals surface area (Å²) in [5.41, 5.74) is 0.248. The van der Waals surface area contributed by atoms with Gasteiger partial charge in [0.15, 0.2) is 5.65 Å². The summed E-state index contributed by atoms with van der Waals surface area (Å²) in [5, 5.41) is 10.2. The average Bonchev–Trinajstić information content (AvgIpc) is 3.00. The predicted molar refractivity (Wildman–Crippen MR) is 76.1 cm³/mol. The van der Waals surface area contributed by atoms with Gasteiger partial charge in [0.25, 0.3) is 0 Å². The van der Waals surface area contributed by atoms with E-state index in [0.717, 1.165) is 19.5 Å². The van der Waals surface area contributed by atoms with Crippen LogP contribution < -0.4 is 16.3 Å². The van der Waals surface area contributed by atoms with Gasteiger partial charge in [-0.1, -0.05) is 6.07 Å². The van der Waals surface area contributed by atoms with Gasteiger partial charge in [-0.05, 0) is 25.1 Å². The zero-order valence-electron chi connectivity index (χ0n) is 10.8. The molecule has 0 bridgehead atoms. The van der Waals surface area contributed by atoms with Crippen molar-refractivity contribution < 1.29 is 4.79 Å². The van der Waals surface area contributed by atoms with Crippen LogP contribution in [0.15, 0.2) is 29.2 Å². The third-order valence-corrected chi connectivity index (χ3v) is 3.21. The highest BCUT2D eigenvalue weighted by Crippen LogP contribution is 1.98. The van der Waals surface area contributed by atoms with Crippen molar-refractivity contribution in [3.63, 3.8) is 0 Å². The van der Waals surface area contributed by atoms with Gasteiger partial charge in [-0.2, -0.15) is 0 Å². The number of carbonyl (C=O) groups is 1. The third-order valence-electron chi connectivity index (χ3n) is 3.21. The number of fused-ring (bicyclic) bond motifs is 1. The molecule has 2 aromatic rings. The minimum atomic E-state index is -0.296. The largest absolute Gasteiger partial charge is 0.350 e. The van der Waals surface area contributed by atoms with Crippen LogP contribution in [0.1, 0.15) is 6.42 Å². The molecule has 0 aromatic carbocycles. The highest BCUT2D eigenvalue weighted by atomic mass is 35.5. The first-order valence-corrected chi connectivity index (χ1v) is 6.28. The maximum Gasteiger partial charge on any atom is 0.350 e. The quantitative estimate of drug-likeness (QED) is 0.792. The van der Waals surface area contributed by atoms with Gasteiger partial charge in [0.2, 0.25) is 5.91 Å². The molecule has 1 atom stereocenters. The number of halogens is 1. The molecule has 1 unspecified atom stereocenters. The van der Waals surface area contributed by atoms with Gasteiger partial charge in [-0.25, -0.2) is 9.48 Å². The number of hydrogen-bond acceptors (Lipinski definition) is 4. The Hall–Kier alpha value is -1.86. The molecule has 1 aliphatic rings. The molecule has 0 radical (unpaired) electrons. The summed E-state index contributed by atoms with van der Waals surface area (Å²) in [6, 6.07) is 5.44. The standard InChI is InChI=1S/C12H15N5O2.ClH/c18-11(14-9-4-5-13-7-9)8-17-12(19)16-6-2-1-3-10(16)15-17;/h1-3,6,9,13H,4-5,7-8H2,(H,14,18);1H. The normalized spacial score (nSPS) is 17.9. The topological polar surface area (TPSA) is 80.4 Å². The van der Waals surface area contributed by atoms with Crippen molar-refractivity contribution in [2.24, 2.45) is 0 Å². The molecule has 1 saturated heterocycles. The fraction of sp³-hybridized carbons (Fsp3) is 0.417. The van der Waals surface area contributed by atoms with E-state index in [-0.39, 0.29) is 36.6 Å². The zero-order chi connectivity index (χ0) is 13.2. The summed E-state index contributed by atoms with van der Waals surface area (Å²) >= 11 is 0. The van der Waals surface area contributed by atoms with Gasteiger partial charge in [-0.3, -0.25) is 9.20 Å². The van der Waals surface area contributed by atoms with E-state index in [9.17, 15) is 9.59 Å². The van der Waals surface area contributed by atoms with E-state index >= 15 is 0 Å². The van der Waals surface area contributed by atoms with Crippen molar-refractivity contribution in [2.75, 3.05) is 13.1 Å². The third kappa shape index (κ3) is 2.83. The SMILES string of the molecule is Cl.O=C(Cn1nc2ccccn2c1=O)NC1CCNC1. The Morgan fingerprint density at radius 1 is 1.50 bits per heavy atom. The van der Waals surface area contributed by atoms with Crippen LogP contribution in [0, 0.1) is 0 Å².